The van der Waals surface area contributed by atoms with Gasteiger partial charge in [0.15, 0.2) is 0 Å². The molecule has 1 saturated heterocycles. The van der Waals surface area contributed by atoms with Gasteiger partial charge in [-0.15, -0.1) is 0 Å². The highest BCUT2D eigenvalue weighted by atomic mass is 32.1. The predicted molar refractivity (Wildman–Crippen MR) is 74.6 cm³/mol. The number of amides is 2. The van der Waals surface area contributed by atoms with Crippen molar-refractivity contribution in [1.29, 1.82) is 0 Å². The number of hydrogen-bond acceptors (Lipinski definition) is 5. The van der Waals surface area contributed by atoms with Crippen molar-refractivity contribution >= 4 is 23.2 Å². The van der Waals surface area contributed by atoms with Crippen LogP contribution < -0.4 is 11.1 Å². The molecule has 3 atom stereocenters. The largest absolute Gasteiger partial charge is 0.326 e. The summed E-state index contributed by atoms with van der Waals surface area (Å²) < 4.78 is 0. The minimum Gasteiger partial charge on any atom is -0.326 e. The maximum absolute atomic E-state index is 11.8. The highest BCUT2D eigenvalue weighted by Crippen LogP contribution is 2.29. The quantitative estimate of drug-likeness (QED) is 0.803. The van der Waals surface area contributed by atoms with Crippen LogP contribution in [-0.4, -0.2) is 35.3 Å². The number of carbonyl (C=O) groups excluding carboxylic acids is 2. The molecule has 1 aliphatic heterocycles. The minimum atomic E-state index is -0.347. The van der Waals surface area contributed by atoms with Crippen LogP contribution in [0.2, 0.25) is 0 Å². The average molecular weight is 281 g/mol. The Hall–Kier alpha value is -1.24. The summed E-state index contributed by atoms with van der Waals surface area (Å²) in [6.45, 7) is 4.03. The van der Waals surface area contributed by atoms with E-state index in [1.165, 1.54) is 0 Å². The monoisotopic (exact) mass is 281 g/mol. The first-order valence-electron chi connectivity index (χ1n) is 6.41. The first kappa shape index (κ1) is 14.2. The molecule has 1 fully saturated rings. The van der Waals surface area contributed by atoms with Crippen molar-refractivity contribution in [3.05, 3.63) is 22.4 Å². The predicted octanol–water partition coefficient (Wildman–Crippen LogP) is 0.873. The Morgan fingerprint density at radius 2 is 2.32 bits per heavy atom. The number of imide groups is 1. The van der Waals surface area contributed by atoms with E-state index in [1.807, 2.05) is 35.6 Å². The summed E-state index contributed by atoms with van der Waals surface area (Å²) in [6.07, 6.45) is 0.791. The van der Waals surface area contributed by atoms with Crippen molar-refractivity contribution in [1.82, 2.24) is 10.2 Å². The summed E-state index contributed by atoms with van der Waals surface area (Å²) in [5.74, 6) is -0.508. The molecule has 2 amide bonds. The zero-order chi connectivity index (χ0) is 14.0. The van der Waals surface area contributed by atoms with Gasteiger partial charge in [0.1, 0.15) is 0 Å². The molecule has 1 aromatic heterocycles. The van der Waals surface area contributed by atoms with Crippen LogP contribution in [0.1, 0.15) is 31.9 Å². The highest BCUT2D eigenvalue weighted by molar-refractivity contribution is 7.07. The van der Waals surface area contributed by atoms with Gasteiger partial charge in [-0.3, -0.25) is 19.8 Å². The number of nitrogens with two attached hydrogens (primary N) is 1. The smallest absolute Gasteiger partial charge is 0.243 e. The molecule has 0 aromatic carbocycles. The van der Waals surface area contributed by atoms with Gasteiger partial charge < -0.3 is 5.73 Å². The van der Waals surface area contributed by atoms with Gasteiger partial charge in [-0.05, 0) is 35.7 Å². The molecule has 1 aromatic rings. The molecule has 19 heavy (non-hydrogen) atoms. The molecule has 2 heterocycles. The zero-order valence-electron chi connectivity index (χ0n) is 11.1. The number of thiophene rings is 1. The third-order valence-electron chi connectivity index (χ3n) is 3.58. The van der Waals surface area contributed by atoms with E-state index < -0.39 is 0 Å². The number of rotatable bonds is 4. The Bertz CT molecular complexity index is 460. The van der Waals surface area contributed by atoms with Crippen molar-refractivity contribution in [2.75, 3.05) is 6.54 Å². The van der Waals surface area contributed by atoms with Crippen molar-refractivity contribution in [2.24, 2.45) is 5.73 Å². The number of nitrogens with one attached hydrogen (secondary N) is 1. The molecule has 6 heteroatoms. The van der Waals surface area contributed by atoms with E-state index in [4.69, 9.17) is 5.73 Å². The lowest BCUT2D eigenvalue weighted by Gasteiger charge is -2.40. The van der Waals surface area contributed by atoms with Crippen LogP contribution in [0.5, 0.6) is 0 Å². The summed E-state index contributed by atoms with van der Waals surface area (Å²) in [5.41, 5.74) is 7.29. The fraction of sp³-hybridized carbons (Fsp3) is 0.538. The van der Waals surface area contributed by atoms with Crippen LogP contribution in [0, 0.1) is 0 Å². The number of carbonyl (C=O) groups is 2. The normalized spacial score (nSPS) is 24.1. The Labute approximate surface area is 116 Å². The van der Waals surface area contributed by atoms with Gasteiger partial charge in [-0.25, -0.2) is 0 Å². The molecule has 0 bridgehead atoms. The molecule has 0 saturated carbocycles. The van der Waals surface area contributed by atoms with Crippen LogP contribution in [0.15, 0.2) is 16.8 Å². The molecule has 3 N–H and O–H groups in total. The van der Waals surface area contributed by atoms with Crippen molar-refractivity contribution < 1.29 is 9.59 Å². The first-order valence-corrected chi connectivity index (χ1v) is 7.36. The molecular weight excluding hydrogens is 262 g/mol. The maximum Gasteiger partial charge on any atom is 0.243 e. The van der Waals surface area contributed by atoms with Gasteiger partial charge in [0.2, 0.25) is 11.8 Å². The molecule has 5 nitrogen and oxygen atoms in total. The second-order valence-corrected chi connectivity index (χ2v) is 5.61. The average Bonchev–Trinajstić information content (AvgIpc) is 2.88. The van der Waals surface area contributed by atoms with Crippen molar-refractivity contribution in [2.45, 2.75) is 38.4 Å². The number of piperazine rings is 1. The summed E-state index contributed by atoms with van der Waals surface area (Å²) in [7, 11) is 0. The molecular formula is C13H19N3O2S. The van der Waals surface area contributed by atoms with Gasteiger partial charge in [0.05, 0.1) is 18.6 Å². The lowest BCUT2D eigenvalue weighted by Crippen LogP contribution is -2.59. The lowest BCUT2D eigenvalue weighted by atomic mass is 9.96. The van der Waals surface area contributed by atoms with Crippen LogP contribution in [0.4, 0.5) is 0 Å². The van der Waals surface area contributed by atoms with Gasteiger partial charge in [-0.2, -0.15) is 11.3 Å². The van der Waals surface area contributed by atoms with Crippen LogP contribution in [0.25, 0.3) is 0 Å². The van der Waals surface area contributed by atoms with Crippen LogP contribution in [-0.2, 0) is 9.59 Å². The third kappa shape index (κ3) is 2.86. The van der Waals surface area contributed by atoms with Crippen LogP contribution >= 0.6 is 11.3 Å². The molecule has 3 unspecified atom stereocenters. The van der Waals surface area contributed by atoms with Crippen molar-refractivity contribution in [3.63, 3.8) is 0 Å². The van der Waals surface area contributed by atoms with E-state index >= 15 is 0 Å². The number of nitrogens with zero attached hydrogens (tertiary/aromatic N) is 1. The lowest BCUT2D eigenvalue weighted by molar-refractivity contribution is -0.141. The van der Waals surface area contributed by atoms with Gasteiger partial charge >= 0.3 is 0 Å². The second-order valence-electron chi connectivity index (χ2n) is 4.83. The van der Waals surface area contributed by atoms with E-state index in [2.05, 4.69) is 5.32 Å². The second kappa shape index (κ2) is 5.81. The summed E-state index contributed by atoms with van der Waals surface area (Å²) in [5, 5.41) is 6.38. The Kier molecular flexibility index (Phi) is 4.34. The summed E-state index contributed by atoms with van der Waals surface area (Å²) in [6, 6.07) is 1.46. The van der Waals surface area contributed by atoms with Gasteiger partial charge in [-0.1, -0.05) is 6.92 Å². The van der Waals surface area contributed by atoms with E-state index in [9.17, 15) is 9.59 Å². The highest BCUT2D eigenvalue weighted by Gasteiger charge is 2.37. The van der Waals surface area contributed by atoms with Crippen LogP contribution in [0.3, 0.4) is 0 Å². The Morgan fingerprint density at radius 3 is 2.89 bits per heavy atom. The van der Waals surface area contributed by atoms with Gasteiger partial charge in [0.25, 0.3) is 0 Å². The van der Waals surface area contributed by atoms with E-state index in [1.54, 1.807) is 11.3 Å². The molecule has 0 radical (unpaired) electrons. The Morgan fingerprint density at radius 1 is 1.58 bits per heavy atom. The maximum atomic E-state index is 11.8. The minimum absolute atomic E-state index is 0.0961. The fourth-order valence-corrected chi connectivity index (χ4v) is 3.11. The first-order chi connectivity index (χ1) is 9.04. The molecule has 0 spiro atoms. The van der Waals surface area contributed by atoms with E-state index in [0.717, 1.165) is 12.0 Å². The molecule has 104 valence electrons. The summed E-state index contributed by atoms with van der Waals surface area (Å²) in [4.78, 5) is 25.3. The van der Waals surface area contributed by atoms with Gasteiger partial charge in [0, 0.05) is 6.04 Å². The SMILES string of the molecule is CCC(N)C(c1ccsc1)N1CC(=O)NC(=O)C1C. The molecule has 0 aliphatic carbocycles. The molecule has 2 rings (SSSR count). The topological polar surface area (TPSA) is 75.4 Å². The Balaban J connectivity index is 2.32. The zero-order valence-corrected chi connectivity index (χ0v) is 11.9. The van der Waals surface area contributed by atoms with Crippen molar-refractivity contribution in [3.8, 4) is 0 Å². The standard InChI is InChI=1S/C13H19N3O2S/c1-3-10(14)12(9-4-5-19-7-9)16-6-11(17)15-13(18)8(16)2/h4-5,7-8,10,12H,3,6,14H2,1-2H3,(H,15,17,18). The molecule has 1 aliphatic rings. The fourth-order valence-electron chi connectivity index (χ4n) is 2.43. The van der Waals surface area contributed by atoms with E-state index in [0.29, 0.717) is 0 Å². The third-order valence-corrected chi connectivity index (χ3v) is 4.29. The van der Waals surface area contributed by atoms with E-state index in [-0.39, 0.29) is 36.5 Å². The summed E-state index contributed by atoms with van der Waals surface area (Å²) >= 11 is 1.59. The number of hydrogen-bond donors (Lipinski definition) is 2.